The molecule has 0 heterocycles. The molecule has 0 bridgehead atoms. The van der Waals surface area contributed by atoms with Crippen LogP contribution >= 0.6 is 0 Å². The van der Waals surface area contributed by atoms with Crippen LogP contribution in [-0.4, -0.2) is 23.7 Å². The molecule has 5 nitrogen and oxygen atoms in total. The van der Waals surface area contributed by atoms with Gasteiger partial charge in [-0.25, -0.2) is 9.59 Å². The number of benzene rings is 3. The summed E-state index contributed by atoms with van der Waals surface area (Å²) in [5, 5.41) is 9.47. The standard InChI is InChI=1S/C24H19NO4/c25-16-11-9-15(10-12-16)13-21(23(26)27)24(28)29-14-22-19-7-3-1-5-17(19)18-6-2-4-8-20(18)22/h1-13,22H,14,25H2,(H,26,27)/b21-13+. The lowest BCUT2D eigenvalue weighted by molar-refractivity contribution is -0.144. The Morgan fingerprint density at radius 2 is 1.45 bits per heavy atom. The van der Waals surface area contributed by atoms with Gasteiger partial charge >= 0.3 is 11.9 Å². The molecule has 4 rings (SSSR count). The zero-order valence-corrected chi connectivity index (χ0v) is 15.5. The SMILES string of the molecule is Nc1ccc(/C=C(\C(=O)O)C(=O)OCC2c3ccccc3-c3ccccc32)cc1. The highest BCUT2D eigenvalue weighted by molar-refractivity contribution is 6.17. The first-order chi connectivity index (χ1) is 14.0. The average Bonchev–Trinajstić information content (AvgIpc) is 3.05. The normalized spacial score (nSPS) is 12.9. The van der Waals surface area contributed by atoms with Crippen molar-refractivity contribution in [3.05, 3.63) is 95.1 Å². The fourth-order valence-electron chi connectivity index (χ4n) is 3.64. The summed E-state index contributed by atoms with van der Waals surface area (Å²) in [4.78, 5) is 24.2. The predicted octanol–water partition coefficient (Wildman–Crippen LogP) is 4.09. The van der Waals surface area contributed by atoms with Crippen LogP contribution in [0.1, 0.15) is 22.6 Å². The Balaban J connectivity index is 1.57. The molecule has 5 heteroatoms. The quantitative estimate of drug-likeness (QED) is 0.227. The number of rotatable bonds is 5. The summed E-state index contributed by atoms with van der Waals surface area (Å²) in [6, 6.07) is 22.5. The number of carboxylic acids is 1. The average molecular weight is 385 g/mol. The van der Waals surface area contributed by atoms with Crippen LogP contribution in [0, 0.1) is 0 Å². The van der Waals surface area contributed by atoms with Crippen molar-refractivity contribution in [2.45, 2.75) is 5.92 Å². The Kier molecular flexibility index (Phi) is 4.87. The van der Waals surface area contributed by atoms with E-state index in [-0.39, 0.29) is 12.5 Å². The summed E-state index contributed by atoms with van der Waals surface area (Å²) in [5.41, 5.74) is 10.7. The maximum atomic E-state index is 12.5. The second-order valence-electron chi connectivity index (χ2n) is 6.86. The van der Waals surface area contributed by atoms with Gasteiger partial charge in [-0.1, -0.05) is 60.7 Å². The first-order valence-corrected chi connectivity index (χ1v) is 9.20. The highest BCUT2D eigenvalue weighted by Gasteiger charge is 2.30. The molecule has 3 aromatic carbocycles. The third-order valence-electron chi connectivity index (χ3n) is 5.04. The number of hydrogen-bond donors (Lipinski definition) is 2. The molecule has 144 valence electrons. The minimum Gasteiger partial charge on any atom is -0.477 e. The summed E-state index contributed by atoms with van der Waals surface area (Å²) in [6.45, 7) is 0.0687. The van der Waals surface area contributed by atoms with Crippen molar-refractivity contribution >= 4 is 23.7 Å². The number of carbonyl (C=O) groups excluding carboxylic acids is 1. The number of fused-ring (bicyclic) bond motifs is 3. The zero-order valence-electron chi connectivity index (χ0n) is 15.5. The van der Waals surface area contributed by atoms with Gasteiger partial charge in [-0.15, -0.1) is 0 Å². The van der Waals surface area contributed by atoms with Crippen molar-refractivity contribution in [1.29, 1.82) is 0 Å². The summed E-state index contributed by atoms with van der Waals surface area (Å²) < 4.78 is 5.45. The lowest BCUT2D eigenvalue weighted by Gasteiger charge is -2.14. The predicted molar refractivity (Wildman–Crippen MR) is 111 cm³/mol. The molecular weight excluding hydrogens is 366 g/mol. The molecule has 0 aliphatic heterocycles. The number of esters is 1. The molecule has 3 aromatic rings. The number of ether oxygens (including phenoxy) is 1. The summed E-state index contributed by atoms with van der Waals surface area (Å²) >= 11 is 0. The Morgan fingerprint density at radius 1 is 0.897 bits per heavy atom. The first-order valence-electron chi connectivity index (χ1n) is 9.20. The molecule has 3 N–H and O–H groups in total. The number of hydrogen-bond acceptors (Lipinski definition) is 4. The number of anilines is 1. The van der Waals surface area contributed by atoms with Crippen molar-refractivity contribution in [1.82, 2.24) is 0 Å². The number of nitrogens with two attached hydrogens (primary N) is 1. The van der Waals surface area contributed by atoms with Gasteiger partial charge in [0.1, 0.15) is 12.2 Å². The summed E-state index contributed by atoms with van der Waals surface area (Å²) in [6.07, 6.45) is 1.29. The lowest BCUT2D eigenvalue weighted by atomic mass is 9.98. The van der Waals surface area contributed by atoms with E-state index in [0.717, 1.165) is 22.3 Å². The van der Waals surface area contributed by atoms with E-state index in [1.54, 1.807) is 24.3 Å². The molecule has 0 saturated heterocycles. The molecule has 0 atom stereocenters. The van der Waals surface area contributed by atoms with Crippen molar-refractivity contribution in [2.75, 3.05) is 12.3 Å². The van der Waals surface area contributed by atoms with Crippen molar-refractivity contribution < 1.29 is 19.4 Å². The van der Waals surface area contributed by atoms with Gasteiger partial charge in [0.2, 0.25) is 0 Å². The molecule has 0 radical (unpaired) electrons. The van der Waals surface area contributed by atoms with E-state index < -0.39 is 17.5 Å². The lowest BCUT2D eigenvalue weighted by Crippen LogP contribution is -2.18. The van der Waals surface area contributed by atoms with E-state index in [9.17, 15) is 14.7 Å². The van der Waals surface area contributed by atoms with Crippen LogP contribution in [0.4, 0.5) is 5.69 Å². The monoisotopic (exact) mass is 385 g/mol. The molecule has 0 unspecified atom stereocenters. The molecule has 0 spiro atoms. The Hall–Kier alpha value is -3.86. The van der Waals surface area contributed by atoms with Crippen LogP contribution in [0.2, 0.25) is 0 Å². The van der Waals surface area contributed by atoms with E-state index in [4.69, 9.17) is 10.5 Å². The summed E-state index contributed by atoms with van der Waals surface area (Å²) in [5.74, 6) is -2.33. The smallest absolute Gasteiger partial charge is 0.345 e. The zero-order chi connectivity index (χ0) is 20.4. The largest absolute Gasteiger partial charge is 0.477 e. The second-order valence-corrected chi connectivity index (χ2v) is 6.86. The fraction of sp³-hybridized carbons (Fsp3) is 0.0833. The van der Waals surface area contributed by atoms with Crippen LogP contribution in [0.3, 0.4) is 0 Å². The van der Waals surface area contributed by atoms with Crippen LogP contribution in [0.5, 0.6) is 0 Å². The number of aliphatic carboxylic acids is 1. The van der Waals surface area contributed by atoms with Gasteiger partial charge in [0.05, 0.1) is 0 Å². The number of nitrogen functional groups attached to an aromatic ring is 1. The van der Waals surface area contributed by atoms with Crippen LogP contribution in [0.15, 0.2) is 78.4 Å². The minimum absolute atomic E-state index is 0.0687. The van der Waals surface area contributed by atoms with Crippen LogP contribution in [0.25, 0.3) is 17.2 Å². The topological polar surface area (TPSA) is 89.6 Å². The highest BCUT2D eigenvalue weighted by atomic mass is 16.5. The van der Waals surface area contributed by atoms with Gasteiger partial charge in [0.15, 0.2) is 0 Å². The van der Waals surface area contributed by atoms with Crippen molar-refractivity contribution in [3.63, 3.8) is 0 Å². The Labute approximate surface area is 168 Å². The van der Waals surface area contributed by atoms with E-state index in [2.05, 4.69) is 0 Å². The van der Waals surface area contributed by atoms with E-state index in [1.165, 1.54) is 6.08 Å². The molecule has 0 amide bonds. The molecule has 0 aromatic heterocycles. The van der Waals surface area contributed by atoms with Crippen molar-refractivity contribution in [3.8, 4) is 11.1 Å². The third-order valence-corrected chi connectivity index (χ3v) is 5.04. The Morgan fingerprint density at radius 3 is 2.00 bits per heavy atom. The van der Waals surface area contributed by atoms with Crippen molar-refractivity contribution in [2.24, 2.45) is 0 Å². The first kappa shape index (κ1) is 18.5. The molecule has 0 fully saturated rings. The maximum absolute atomic E-state index is 12.5. The van der Waals surface area contributed by atoms with Gasteiger partial charge in [0, 0.05) is 11.6 Å². The van der Waals surface area contributed by atoms with E-state index in [0.29, 0.717) is 11.3 Å². The molecule has 0 saturated carbocycles. The third kappa shape index (κ3) is 3.62. The molecule has 29 heavy (non-hydrogen) atoms. The van der Waals surface area contributed by atoms with Gasteiger partial charge in [-0.3, -0.25) is 0 Å². The Bertz CT molecular complexity index is 1070. The van der Waals surface area contributed by atoms with Gasteiger partial charge in [-0.2, -0.15) is 0 Å². The van der Waals surface area contributed by atoms with Crippen LogP contribution < -0.4 is 5.73 Å². The van der Waals surface area contributed by atoms with Gasteiger partial charge in [0.25, 0.3) is 0 Å². The second kappa shape index (κ2) is 7.64. The maximum Gasteiger partial charge on any atom is 0.345 e. The fourth-order valence-corrected chi connectivity index (χ4v) is 3.64. The highest BCUT2D eigenvalue weighted by Crippen LogP contribution is 2.44. The summed E-state index contributed by atoms with van der Waals surface area (Å²) in [7, 11) is 0. The van der Waals surface area contributed by atoms with Gasteiger partial charge in [-0.05, 0) is 46.0 Å². The number of carboxylic acid groups (broad SMARTS) is 1. The van der Waals surface area contributed by atoms with E-state index in [1.807, 2.05) is 48.5 Å². The molecule has 1 aliphatic carbocycles. The van der Waals surface area contributed by atoms with Crippen LogP contribution in [-0.2, 0) is 14.3 Å². The minimum atomic E-state index is -1.33. The number of carbonyl (C=O) groups is 2. The molecule has 1 aliphatic rings. The van der Waals surface area contributed by atoms with E-state index >= 15 is 0 Å². The van der Waals surface area contributed by atoms with Gasteiger partial charge < -0.3 is 15.6 Å². The molecular formula is C24H19NO4.